The van der Waals surface area contributed by atoms with Crippen LogP contribution in [0.3, 0.4) is 0 Å². The van der Waals surface area contributed by atoms with Gasteiger partial charge in [0.15, 0.2) is 11.1 Å². The van der Waals surface area contributed by atoms with Gasteiger partial charge in [-0.25, -0.2) is 0 Å². The van der Waals surface area contributed by atoms with E-state index in [9.17, 15) is 10.2 Å². The molecule has 1 aliphatic carbocycles. The summed E-state index contributed by atoms with van der Waals surface area (Å²) in [4.78, 5) is 0. The zero-order valence-corrected chi connectivity index (χ0v) is 14.5. The molecule has 0 spiro atoms. The molecule has 1 aromatic rings. The van der Waals surface area contributed by atoms with Crippen molar-refractivity contribution in [3.05, 3.63) is 94.1 Å². The summed E-state index contributed by atoms with van der Waals surface area (Å²) in [6.07, 6.45) is 5.19. The van der Waals surface area contributed by atoms with Gasteiger partial charge in [-0.1, -0.05) is 47.9 Å². The average Bonchev–Trinajstić information content (AvgIpc) is 2.72. The number of hydrogen-bond donors (Lipinski definition) is 2. The van der Waals surface area contributed by atoms with Crippen LogP contribution in [-0.4, -0.2) is 15.8 Å². The highest BCUT2D eigenvalue weighted by Gasteiger charge is 2.39. The third kappa shape index (κ3) is 4.16. The summed E-state index contributed by atoms with van der Waals surface area (Å²) in [7, 11) is 0. The molecule has 0 radical (unpaired) electrons. The molecule has 0 aromatic heterocycles. The summed E-state index contributed by atoms with van der Waals surface area (Å²) in [6.45, 7) is 0. The minimum Gasteiger partial charge on any atom is -0.511 e. The van der Waals surface area contributed by atoms with Crippen molar-refractivity contribution in [3.63, 3.8) is 0 Å². The van der Waals surface area contributed by atoms with Gasteiger partial charge >= 0.3 is 0 Å². The third-order valence-corrected chi connectivity index (χ3v) is 3.96. The van der Waals surface area contributed by atoms with E-state index in [1.165, 1.54) is 18.2 Å². The molecular formula is C22H12N4O2. The van der Waals surface area contributed by atoms with Gasteiger partial charge < -0.3 is 10.2 Å². The Morgan fingerprint density at radius 2 is 1.50 bits per heavy atom. The molecule has 1 aliphatic rings. The van der Waals surface area contributed by atoms with E-state index in [-0.39, 0.29) is 22.5 Å². The van der Waals surface area contributed by atoms with E-state index in [1.54, 1.807) is 54.6 Å². The number of aliphatic hydroxyl groups is 2. The van der Waals surface area contributed by atoms with Gasteiger partial charge in [-0.05, 0) is 23.8 Å². The minimum atomic E-state index is -1.77. The lowest BCUT2D eigenvalue weighted by atomic mass is 9.75. The van der Waals surface area contributed by atoms with Crippen molar-refractivity contribution in [2.24, 2.45) is 0 Å². The molecule has 0 saturated carbocycles. The molecule has 0 fully saturated rings. The van der Waals surface area contributed by atoms with Crippen LogP contribution < -0.4 is 0 Å². The molecule has 6 heteroatoms. The average molecular weight is 364 g/mol. The Bertz CT molecular complexity index is 1120. The summed E-state index contributed by atoms with van der Waals surface area (Å²) >= 11 is 0. The maximum atomic E-state index is 11.1. The Kier molecular flexibility index (Phi) is 6.15. The Morgan fingerprint density at radius 3 is 2.07 bits per heavy atom. The molecule has 0 aliphatic heterocycles. The second kappa shape index (κ2) is 8.71. The van der Waals surface area contributed by atoms with Crippen LogP contribution in [0.2, 0.25) is 0 Å². The zero-order chi connectivity index (χ0) is 20.6. The van der Waals surface area contributed by atoms with Crippen LogP contribution in [0.4, 0.5) is 0 Å². The molecule has 1 aromatic carbocycles. The fraction of sp³-hybridized carbons (Fsp3) is 0.0909. The van der Waals surface area contributed by atoms with Gasteiger partial charge in [0.05, 0.1) is 5.92 Å². The predicted octanol–water partition coefficient (Wildman–Crippen LogP) is 3.14. The van der Waals surface area contributed by atoms with Crippen molar-refractivity contribution in [1.29, 1.82) is 21.0 Å². The van der Waals surface area contributed by atoms with Crippen LogP contribution in [0.1, 0.15) is 11.5 Å². The molecular weight excluding hydrogens is 352 g/mol. The second-order valence-corrected chi connectivity index (χ2v) is 5.68. The monoisotopic (exact) mass is 364 g/mol. The summed E-state index contributed by atoms with van der Waals surface area (Å²) in [5.41, 5.74) is 3.41. The second-order valence-electron chi connectivity index (χ2n) is 5.68. The van der Waals surface area contributed by atoms with E-state index in [4.69, 9.17) is 21.0 Å². The number of hydrogen-bond acceptors (Lipinski definition) is 6. The van der Waals surface area contributed by atoms with Gasteiger partial charge in [0.1, 0.15) is 35.6 Å². The molecule has 28 heavy (non-hydrogen) atoms. The Hall–Kier alpha value is -4.54. The lowest BCUT2D eigenvalue weighted by Gasteiger charge is -2.34. The molecule has 0 bridgehead atoms. The Labute approximate surface area is 161 Å². The van der Waals surface area contributed by atoms with Gasteiger partial charge in [0.25, 0.3) is 0 Å². The Morgan fingerprint density at radius 1 is 0.929 bits per heavy atom. The number of nitrogens with zero attached hydrogens (tertiary/aromatic N) is 4. The first kappa shape index (κ1) is 19.8. The molecule has 2 N–H and O–H groups in total. The van der Waals surface area contributed by atoms with Gasteiger partial charge in [-0.3, -0.25) is 0 Å². The Balaban J connectivity index is 2.70. The SMILES string of the molecule is N#CC(=C=CC1=C(O)C(c2ccccc2)C(O)(C=C=C(C#N)C#N)C=C1)C#N. The smallest absolute Gasteiger partial charge is 0.171 e. The van der Waals surface area contributed by atoms with Gasteiger partial charge in [0.2, 0.25) is 0 Å². The first-order valence-electron chi connectivity index (χ1n) is 7.93. The van der Waals surface area contributed by atoms with Crippen molar-refractivity contribution >= 4 is 0 Å². The highest BCUT2D eigenvalue weighted by molar-refractivity contribution is 5.50. The van der Waals surface area contributed by atoms with Gasteiger partial charge in [0, 0.05) is 5.57 Å². The topological polar surface area (TPSA) is 136 Å². The number of allylic oxidation sites excluding steroid dienone is 3. The standard InChI is InChI=1S/C22H12N4O2/c23-12-16(13-24)6-7-19-9-11-22(28,10-8-17(14-25)15-26)20(21(19)27)18-4-2-1-3-5-18/h1-5,7,9-11,20,27-28H. The highest BCUT2D eigenvalue weighted by Crippen LogP contribution is 2.41. The van der Waals surface area contributed by atoms with Crippen LogP contribution in [0.15, 0.2) is 88.6 Å². The minimum absolute atomic E-state index is 0.229. The summed E-state index contributed by atoms with van der Waals surface area (Å²) in [5, 5.41) is 57.2. The molecule has 2 atom stereocenters. The van der Waals surface area contributed by atoms with E-state index < -0.39 is 11.5 Å². The van der Waals surface area contributed by atoms with Crippen molar-refractivity contribution in [1.82, 2.24) is 0 Å². The van der Waals surface area contributed by atoms with E-state index in [2.05, 4.69) is 11.5 Å². The van der Waals surface area contributed by atoms with E-state index >= 15 is 0 Å². The first-order valence-corrected chi connectivity index (χ1v) is 7.93. The lowest BCUT2D eigenvalue weighted by Crippen LogP contribution is -2.35. The maximum absolute atomic E-state index is 11.1. The van der Waals surface area contributed by atoms with Crippen LogP contribution in [-0.2, 0) is 0 Å². The van der Waals surface area contributed by atoms with Gasteiger partial charge in [-0.15, -0.1) is 0 Å². The van der Waals surface area contributed by atoms with Crippen LogP contribution >= 0.6 is 0 Å². The zero-order valence-electron chi connectivity index (χ0n) is 14.5. The number of aliphatic hydroxyl groups excluding tert-OH is 1. The van der Waals surface area contributed by atoms with Crippen molar-refractivity contribution in [3.8, 4) is 24.3 Å². The van der Waals surface area contributed by atoms with E-state index in [0.717, 1.165) is 6.08 Å². The fourth-order valence-electron chi connectivity index (χ4n) is 2.63. The lowest BCUT2D eigenvalue weighted by molar-refractivity contribution is 0.102. The number of nitriles is 4. The number of benzene rings is 1. The summed E-state index contributed by atoms with van der Waals surface area (Å²) in [5.74, 6) is -1.20. The first-order chi connectivity index (χ1) is 13.5. The summed E-state index contributed by atoms with van der Waals surface area (Å²) in [6, 6.07) is 15.3. The molecule has 2 rings (SSSR count). The van der Waals surface area contributed by atoms with Gasteiger partial charge in [-0.2, -0.15) is 21.0 Å². The van der Waals surface area contributed by atoms with Crippen LogP contribution in [0.25, 0.3) is 0 Å². The number of rotatable bonds is 3. The molecule has 0 heterocycles. The highest BCUT2D eigenvalue weighted by atomic mass is 16.3. The van der Waals surface area contributed by atoms with Crippen molar-refractivity contribution in [2.75, 3.05) is 0 Å². The molecule has 6 nitrogen and oxygen atoms in total. The van der Waals surface area contributed by atoms with Crippen molar-refractivity contribution in [2.45, 2.75) is 11.5 Å². The molecule has 132 valence electrons. The fourth-order valence-corrected chi connectivity index (χ4v) is 2.63. The van der Waals surface area contributed by atoms with E-state index in [1.807, 2.05) is 0 Å². The third-order valence-electron chi connectivity index (χ3n) is 3.96. The normalized spacial score (nSPS) is 19.5. The predicted molar refractivity (Wildman–Crippen MR) is 98.6 cm³/mol. The molecule has 2 unspecified atom stereocenters. The molecule has 0 saturated heterocycles. The van der Waals surface area contributed by atoms with Crippen LogP contribution in [0, 0.1) is 45.3 Å². The summed E-state index contributed by atoms with van der Waals surface area (Å²) < 4.78 is 0. The maximum Gasteiger partial charge on any atom is 0.171 e. The van der Waals surface area contributed by atoms with Crippen LogP contribution in [0.5, 0.6) is 0 Å². The van der Waals surface area contributed by atoms with E-state index in [0.29, 0.717) is 5.56 Å². The van der Waals surface area contributed by atoms with Crippen molar-refractivity contribution < 1.29 is 10.2 Å². The largest absolute Gasteiger partial charge is 0.511 e. The quantitative estimate of drug-likeness (QED) is 0.624. The molecule has 0 amide bonds.